The van der Waals surface area contributed by atoms with Crippen LogP contribution in [0.15, 0.2) is 64.3 Å². The highest BCUT2D eigenvalue weighted by Crippen LogP contribution is 2.22. The van der Waals surface area contributed by atoms with Gasteiger partial charge in [0.15, 0.2) is 4.91 Å². The Bertz CT molecular complexity index is 837. The van der Waals surface area contributed by atoms with Crippen molar-refractivity contribution in [1.29, 1.82) is 0 Å². The molecule has 0 N–H and O–H groups in total. The number of rotatable bonds is 14. The molecule has 0 unspecified atom stereocenters. The first-order valence-corrected chi connectivity index (χ1v) is 12.8. The lowest BCUT2D eigenvalue weighted by Crippen LogP contribution is -2.18. The lowest BCUT2D eigenvalue weighted by atomic mass is 10.1. The van der Waals surface area contributed by atoms with Crippen LogP contribution in [0, 0.1) is 0 Å². The van der Waals surface area contributed by atoms with E-state index in [0.717, 1.165) is 32.4 Å². The van der Waals surface area contributed by atoms with Gasteiger partial charge in [0.2, 0.25) is 9.84 Å². The number of carbonyl (C=O) groups is 1. The van der Waals surface area contributed by atoms with Crippen molar-refractivity contribution in [2.24, 2.45) is 0 Å². The van der Waals surface area contributed by atoms with Gasteiger partial charge in [0.1, 0.15) is 0 Å². The lowest BCUT2D eigenvalue weighted by Gasteiger charge is -2.14. The largest absolute Gasteiger partial charge is 0.462 e. The molecule has 0 atom stereocenters. The van der Waals surface area contributed by atoms with Gasteiger partial charge in [-0.1, -0.05) is 57.3 Å². The Labute approximate surface area is 188 Å². The van der Waals surface area contributed by atoms with E-state index in [9.17, 15) is 13.2 Å². The number of allylic oxidation sites excluding steroid dienone is 6. The fraction of sp³-hybridized carbons (Fsp3) is 0.520. The van der Waals surface area contributed by atoms with Crippen molar-refractivity contribution in [1.82, 2.24) is 4.90 Å². The molecule has 31 heavy (non-hydrogen) atoms. The number of carbonyl (C=O) groups excluding carboxylic acids is 1. The third-order valence-corrected chi connectivity index (χ3v) is 6.69. The monoisotopic (exact) mass is 447 g/mol. The van der Waals surface area contributed by atoms with Crippen LogP contribution in [0.3, 0.4) is 0 Å². The molecule has 0 aromatic rings. The van der Waals surface area contributed by atoms with Crippen LogP contribution >= 0.6 is 0 Å². The zero-order valence-corrected chi connectivity index (χ0v) is 20.0. The van der Waals surface area contributed by atoms with E-state index in [-0.39, 0.29) is 16.4 Å². The summed E-state index contributed by atoms with van der Waals surface area (Å²) in [4.78, 5) is 14.4. The predicted molar refractivity (Wildman–Crippen MR) is 128 cm³/mol. The summed E-state index contributed by atoms with van der Waals surface area (Å²) in [6.45, 7) is 7.97. The van der Waals surface area contributed by atoms with Gasteiger partial charge in [-0.15, -0.1) is 5.73 Å². The quantitative estimate of drug-likeness (QED) is 0.114. The SMILES string of the molecule is CCCCCCCCOC(=O)/C(=C/C=C/N(CC)CC)S(=O)(=O)/C1=C/C/C=C\C=C=C1. The number of esters is 1. The van der Waals surface area contributed by atoms with Crippen molar-refractivity contribution in [2.45, 2.75) is 65.7 Å². The van der Waals surface area contributed by atoms with E-state index >= 15 is 0 Å². The first-order valence-electron chi connectivity index (χ1n) is 11.3. The van der Waals surface area contributed by atoms with E-state index in [2.05, 4.69) is 12.7 Å². The first kappa shape index (κ1) is 26.7. The average Bonchev–Trinajstić information content (AvgIpc) is 2.72. The van der Waals surface area contributed by atoms with Gasteiger partial charge in [0.25, 0.3) is 0 Å². The summed E-state index contributed by atoms with van der Waals surface area (Å²) in [5.41, 5.74) is 2.82. The summed E-state index contributed by atoms with van der Waals surface area (Å²) in [5, 5.41) is 0. The molecule has 0 spiro atoms. The van der Waals surface area contributed by atoms with Crippen LogP contribution in [-0.2, 0) is 19.4 Å². The molecule has 0 fully saturated rings. The van der Waals surface area contributed by atoms with Crippen LogP contribution in [0.4, 0.5) is 0 Å². The second kappa shape index (κ2) is 15.5. The minimum absolute atomic E-state index is 0.0482. The molecule has 172 valence electrons. The standard InChI is InChI=1S/C25H37NO4S/c1-4-7-8-9-13-16-22-30-25(27)24(20-17-21-26(5-2)6-3)31(28,29)23-18-14-11-10-12-15-19-23/h10-12,17-21H,4-9,13-14,16,22H2,1-3H3/b11-10-,21-17+,23-18+,24-20-. The summed E-state index contributed by atoms with van der Waals surface area (Å²) in [6, 6.07) is 0. The summed E-state index contributed by atoms with van der Waals surface area (Å²) in [5.74, 6) is -0.811. The minimum atomic E-state index is -4.02. The maximum Gasteiger partial charge on any atom is 0.350 e. The minimum Gasteiger partial charge on any atom is -0.462 e. The van der Waals surface area contributed by atoms with Crippen LogP contribution in [-0.4, -0.2) is 39.0 Å². The summed E-state index contributed by atoms with van der Waals surface area (Å²) in [6.07, 6.45) is 19.7. The number of ether oxygens (including phenoxy) is 1. The molecule has 5 nitrogen and oxygen atoms in total. The van der Waals surface area contributed by atoms with Crippen LogP contribution in [0.1, 0.15) is 65.7 Å². The zero-order chi connectivity index (χ0) is 23.0. The zero-order valence-electron chi connectivity index (χ0n) is 19.2. The van der Waals surface area contributed by atoms with E-state index in [1.165, 1.54) is 31.4 Å². The number of hydrogen-bond donors (Lipinski definition) is 0. The summed E-state index contributed by atoms with van der Waals surface area (Å²) >= 11 is 0. The number of sulfone groups is 1. The van der Waals surface area contributed by atoms with Gasteiger partial charge < -0.3 is 9.64 Å². The second-order valence-corrected chi connectivity index (χ2v) is 9.17. The number of nitrogens with zero attached hydrogens (tertiary/aromatic N) is 1. The van der Waals surface area contributed by atoms with E-state index < -0.39 is 15.8 Å². The van der Waals surface area contributed by atoms with E-state index in [1.54, 1.807) is 30.5 Å². The Balaban J connectivity index is 2.99. The lowest BCUT2D eigenvalue weighted by molar-refractivity contribution is -0.138. The first-order chi connectivity index (χ1) is 15.0. The van der Waals surface area contributed by atoms with Crippen molar-refractivity contribution < 1.29 is 17.9 Å². The molecule has 0 saturated heterocycles. The van der Waals surface area contributed by atoms with Gasteiger partial charge in [0.05, 0.1) is 11.5 Å². The molecule has 1 rings (SSSR count). The fourth-order valence-electron chi connectivity index (χ4n) is 2.96. The Morgan fingerprint density at radius 2 is 1.84 bits per heavy atom. The van der Waals surface area contributed by atoms with Crippen LogP contribution in [0.5, 0.6) is 0 Å². The van der Waals surface area contributed by atoms with Crippen molar-refractivity contribution >= 4 is 15.8 Å². The number of unbranched alkanes of at least 4 members (excludes halogenated alkanes) is 5. The smallest absolute Gasteiger partial charge is 0.350 e. The molecule has 1 aliphatic rings. The maximum absolute atomic E-state index is 13.2. The fourth-order valence-corrected chi connectivity index (χ4v) is 4.29. The molecule has 6 heteroatoms. The Morgan fingerprint density at radius 3 is 2.55 bits per heavy atom. The molecular weight excluding hydrogens is 410 g/mol. The molecule has 0 amide bonds. The van der Waals surface area contributed by atoms with E-state index in [1.807, 2.05) is 24.8 Å². The van der Waals surface area contributed by atoms with Crippen LogP contribution < -0.4 is 0 Å². The van der Waals surface area contributed by atoms with E-state index in [4.69, 9.17) is 4.74 Å². The highest BCUT2D eigenvalue weighted by Gasteiger charge is 2.28. The molecule has 1 aliphatic carbocycles. The molecule has 0 bridgehead atoms. The van der Waals surface area contributed by atoms with Gasteiger partial charge in [-0.3, -0.25) is 0 Å². The molecule has 0 aromatic heterocycles. The highest BCUT2D eigenvalue weighted by molar-refractivity contribution is 8.00. The van der Waals surface area contributed by atoms with Gasteiger partial charge in [-0.2, -0.15) is 0 Å². The van der Waals surface area contributed by atoms with Gasteiger partial charge in [0, 0.05) is 13.1 Å². The van der Waals surface area contributed by atoms with Crippen molar-refractivity contribution in [3.63, 3.8) is 0 Å². The molecule has 0 aliphatic heterocycles. The van der Waals surface area contributed by atoms with Gasteiger partial charge >= 0.3 is 5.97 Å². The number of hydrogen-bond acceptors (Lipinski definition) is 5. The topological polar surface area (TPSA) is 63.7 Å². The molecule has 0 heterocycles. The average molecular weight is 448 g/mol. The van der Waals surface area contributed by atoms with Crippen LogP contribution in [0.25, 0.3) is 0 Å². The van der Waals surface area contributed by atoms with Crippen molar-refractivity contribution in [3.05, 3.63) is 64.3 Å². The molecule has 0 aromatic carbocycles. The normalized spacial score (nSPS) is 17.1. The molecular formula is C25H37NO4S. The van der Waals surface area contributed by atoms with Gasteiger partial charge in [-0.25, -0.2) is 13.2 Å². The highest BCUT2D eigenvalue weighted by atomic mass is 32.2. The molecule has 0 saturated carbocycles. The third kappa shape index (κ3) is 10.0. The van der Waals surface area contributed by atoms with E-state index in [0.29, 0.717) is 6.42 Å². The summed E-state index contributed by atoms with van der Waals surface area (Å²) < 4.78 is 31.8. The Kier molecular flexibility index (Phi) is 13.4. The van der Waals surface area contributed by atoms with Crippen molar-refractivity contribution in [3.8, 4) is 0 Å². The summed E-state index contributed by atoms with van der Waals surface area (Å²) in [7, 11) is -4.02. The molecule has 0 radical (unpaired) electrons. The van der Waals surface area contributed by atoms with Crippen LogP contribution in [0.2, 0.25) is 0 Å². The predicted octanol–water partition coefficient (Wildman–Crippen LogP) is 5.60. The third-order valence-electron chi connectivity index (χ3n) is 4.90. The van der Waals surface area contributed by atoms with Crippen molar-refractivity contribution in [2.75, 3.05) is 19.7 Å². The Hall–Kier alpha value is -2.30. The van der Waals surface area contributed by atoms with Gasteiger partial charge in [-0.05, 0) is 57.2 Å². The second-order valence-electron chi connectivity index (χ2n) is 7.25. The Morgan fingerprint density at radius 1 is 1.13 bits per heavy atom. The maximum atomic E-state index is 13.2.